The van der Waals surface area contributed by atoms with Crippen LogP contribution < -0.4 is 10.9 Å². The molecule has 2 heterocycles. The largest absolute Gasteiger partial charge is 0.350 e. The number of carbonyl (C=O) groups is 1. The molecule has 0 unspecified atom stereocenters. The summed E-state index contributed by atoms with van der Waals surface area (Å²) >= 11 is 0. The first-order valence-electron chi connectivity index (χ1n) is 9.83. The summed E-state index contributed by atoms with van der Waals surface area (Å²) < 4.78 is 2.99. The number of para-hydroxylation sites is 1. The Morgan fingerprint density at radius 2 is 1.63 bits per heavy atom. The van der Waals surface area contributed by atoms with Gasteiger partial charge in [0.2, 0.25) is 5.91 Å². The van der Waals surface area contributed by atoms with Crippen molar-refractivity contribution in [1.82, 2.24) is 24.9 Å². The van der Waals surface area contributed by atoms with Gasteiger partial charge in [-0.05, 0) is 38.5 Å². The molecule has 30 heavy (non-hydrogen) atoms. The number of aromatic nitrogens is 4. The number of amides is 1. The summed E-state index contributed by atoms with van der Waals surface area (Å²) in [6.07, 6.45) is 0. The predicted octanol–water partition coefficient (Wildman–Crippen LogP) is 3.08. The van der Waals surface area contributed by atoms with E-state index in [9.17, 15) is 9.59 Å². The van der Waals surface area contributed by atoms with Gasteiger partial charge in [0.05, 0.1) is 22.5 Å². The first-order valence-corrected chi connectivity index (χ1v) is 9.83. The zero-order valence-electron chi connectivity index (χ0n) is 17.2. The molecule has 4 rings (SSSR count). The first kappa shape index (κ1) is 19.6. The van der Waals surface area contributed by atoms with Gasteiger partial charge in [-0.25, -0.2) is 9.36 Å². The van der Waals surface area contributed by atoms with Gasteiger partial charge in [0, 0.05) is 6.54 Å². The Morgan fingerprint density at radius 3 is 2.30 bits per heavy atom. The van der Waals surface area contributed by atoms with Crippen molar-refractivity contribution in [1.29, 1.82) is 0 Å². The third-order valence-electron chi connectivity index (χ3n) is 5.20. The van der Waals surface area contributed by atoms with Crippen LogP contribution in [0.3, 0.4) is 0 Å². The molecule has 7 heteroatoms. The number of nitrogens with one attached hydrogen (secondary N) is 1. The fourth-order valence-corrected chi connectivity index (χ4v) is 3.51. The molecule has 7 nitrogen and oxygen atoms in total. The normalized spacial score (nSPS) is 12.1. The Hall–Kier alpha value is -3.74. The minimum absolute atomic E-state index is 0.264. The van der Waals surface area contributed by atoms with E-state index in [-0.39, 0.29) is 11.5 Å². The lowest BCUT2D eigenvalue weighted by Gasteiger charge is -2.15. The van der Waals surface area contributed by atoms with Gasteiger partial charge in [-0.2, -0.15) is 10.2 Å². The lowest BCUT2D eigenvalue weighted by atomic mass is 10.2. The van der Waals surface area contributed by atoms with Crippen LogP contribution in [0.5, 0.6) is 0 Å². The van der Waals surface area contributed by atoms with E-state index >= 15 is 0 Å². The van der Waals surface area contributed by atoms with Crippen LogP contribution in [0.15, 0.2) is 65.5 Å². The molecule has 4 aromatic rings. The summed E-state index contributed by atoms with van der Waals surface area (Å²) in [5.74, 6) is -0.264. The lowest BCUT2D eigenvalue weighted by molar-refractivity contribution is -0.124. The molecular formula is C23H23N5O2. The molecule has 0 aliphatic carbocycles. The van der Waals surface area contributed by atoms with Crippen LogP contribution in [-0.4, -0.2) is 25.5 Å². The fraction of sp³-hybridized carbons (Fsp3) is 0.217. The molecule has 1 N–H and O–H groups in total. The maximum Gasteiger partial charge on any atom is 0.278 e. The van der Waals surface area contributed by atoms with E-state index in [0.717, 1.165) is 16.9 Å². The van der Waals surface area contributed by atoms with Crippen LogP contribution in [0, 0.1) is 13.8 Å². The van der Waals surface area contributed by atoms with E-state index in [1.807, 2.05) is 67.6 Å². The molecule has 2 aromatic carbocycles. The summed E-state index contributed by atoms with van der Waals surface area (Å²) in [6, 6.07) is 18.5. The highest BCUT2D eigenvalue weighted by Gasteiger charge is 2.23. The number of fused-ring (bicyclic) bond motifs is 1. The molecule has 0 fully saturated rings. The molecule has 0 aliphatic heterocycles. The van der Waals surface area contributed by atoms with E-state index in [1.54, 1.807) is 18.5 Å². The van der Waals surface area contributed by atoms with E-state index < -0.39 is 6.04 Å². The maximum atomic E-state index is 13.2. The predicted molar refractivity (Wildman–Crippen MR) is 116 cm³/mol. The highest BCUT2D eigenvalue weighted by Crippen LogP contribution is 2.20. The summed E-state index contributed by atoms with van der Waals surface area (Å²) in [6.45, 7) is 5.73. The first-order chi connectivity index (χ1) is 14.5. The maximum absolute atomic E-state index is 13.2. The highest BCUT2D eigenvalue weighted by atomic mass is 16.2. The van der Waals surface area contributed by atoms with Gasteiger partial charge in [-0.1, -0.05) is 48.5 Å². The van der Waals surface area contributed by atoms with E-state index in [1.165, 1.54) is 4.68 Å². The molecule has 1 atom stereocenters. The van der Waals surface area contributed by atoms with Crippen molar-refractivity contribution < 1.29 is 4.79 Å². The number of nitrogens with zero attached hydrogens (tertiary/aromatic N) is 4. The fourth-order valence-electron chi connectivity index (χ4n) is 3.51. The average Bonchev–Trinajstić information content (AvgIpc) is 3.13. The second-order valence-electron chi connectivity index (χ2n) is 7.27. The van der Waals surface area contributed by atoms with Gasteiger partial charge >= 0.3 is 0 Å². The summed E-state index contributed by atoms with van der Waals surface area (Å²) in [4.78, 5) is 25.9. The van der Waals surface area contributed by atoms with Crippen molar-refractivity contribution in [2.45, 2.75) is 33.4 Å². The average molecular weight is 401 g/mol. The van der Waals surface area contributed by atoms with Gasteiger partial charge in [-0.3, -0.25) is 9.59 Å². The SMILES string of the molecule is Cc1nn([C@@H](C)C(=O)NCc2ccccc2)c(=O)c2c(C)n(-c3ccccc3)nc12. The molecule has 0 radical (unpaired) electrons. The van der Waals surface area contributed by atoms with Crippen LogP contribution in [-0.2, 0) is 11.3 Å². The summed E-state index contributed by atoms with van der Waals surface area (Å²) in [5, 5.41) is 12.4. The van der Waals surface area contributed by atoms with Crippen molar-refractivity contribution in [3.05, 3.63) is 88.0 Å². The Labute approximate surface area is 174 Å². The number of benzene rings is 2. The lowest BCUT2D eigenvalue weighted by Crippen LogP contribution is -2.37. The van der Waals surface area contributed by atoms with Gasteiger partial charge < -0.3 is 5.32 Å². The molecule has 1 amide bonds. The number of aryl methyl sites for hydroxylation is 2. The van der Waals surface area contributed by atoms with Crippen molar-refractivity contribution in [3.8, 4) is 5.69 Å². The number of carbonyl (C=O) groups excluding carboxylic acids is 1. The van der Waals surface area contributed by atoms with Crippen LogP contribution in [0.25, 0.3) is 16.6 Å². The second-order valence-corrected chi connectivity index (χ2v) is 7.27. The van der Waals surface area contributed by atoms with E-state index in [2.05, 4.69) is 15.5 Å². The second kappa shape index (κ2) is 7.94. The van der Waals surface area contributed by atoms with Gasteiger partial charge in [0.15, 0.2) is 0 Å². The number of hydrogen-bond acceptors (Lipinski definition) is 4. The zero-order chi connectivity index (χ0) is 21.3. The quantitative estimate of drug-likeness (QED) is 0.557. The number of hydrogen-bond donors (Lipinski definition) is 1. The smallest absolute Gasteiger partial charge is 0.278 e. The Balaban J connectivity index is 1.69. The van der Waals surface area contributed by atoms with Crippen LogP contribution in [0.4, 0.5) is 0 Å². The Morgan fingerprint density at radius 1 is 1.00 bits per heavy atom. The minimum Gasteiger partial charge on any atom is -0.350 e. The molecule has 0 saturated carbocycles. The highest BCUT2D eigenvalue weighted by molar-refractivity contribution is 5.84. The van der Waals surface area contributed by atoms with Crippen LogP contribution >= 0.6 is 0 Å². The van der Waals surface area contributed by atoms with Gasteiger partial charge in [0.1, 0.15) is 11.6 Å². The molecule has 0 bridgehead atoms. The number of rotatable bonds is 5. The molecule has 0 spiro atoms. The monoisotopic (exact) mass is 401 g/mol. The minimum atomic E-state index is -0.746. The van der Waals surface area contributed by atoms with Crippen molar-refractivity contribution >= 4 is 16.8 Å². The van der Waals surface area contributed by atoms with Crippen molar-refractivity contribution in [2.24, 2.45) is 0 Å². The molecule has 152 valence electrons. The third-order valence-corrected chi connectivity index (χ3v) is 5.20. The van der Waals surface area contributed by atoms with Gasteiger partial charge in [0.25, 0.3) is 5.56 Å². The van der Waals surface area contributed by atoms with Crippen LogP contribution in [0.2, 0.25) is 0 Å². The van der Waals surface area contributed by atoms with Crippen LogP contribution in [0.1, 0.15) is 29.9 Å². The topological polar surface area (TPSA) is 81.8 Å². The zero-order valence-corrected chi connectivity index (χ0v) is 17.2. The summed E-state index contributed by atoms with van der Waals surface area (Å²) in [7, 11) is 0. The molecule has 2 aromatic heterocycles. The standard InChI is InChI=1S/C23H23N5O2/c1-15-21-20(16(2)27(26-21)19-12-8-5-9-13-19)23(30)28(25-15)17(3)22(29)24-14-18-10-6-4-7-11-18/h4-13,17H,14H2,1-3H3,(H,24,29)/t17-/m0/s1. The van der Waals surface area contributed by atoms with Gasteiger partial charge in [-0.15, -0.1) is 0 Å². The van der Waals surface area contributed by atoms with E-state index in [0.29, 0.717) is 23.1 Å². The summed E-state index contributed by atoms with van der Waals surface area (Å²) in [5.41, 5.74) is 3.41. The third kappa shape index (κ3) is 3.50. The van der Waals surface area contributed by atoms with Crippen molar-refractivity contribution in [2.75, 3.05) is 0 Å². The van der Waals surface area contributed by atoms with E-state index in [4.69, 9.17) is 0 Å². The molecular weight excluding hydrogens is 378 g/mol. The van der Waals surface area contributed by atoms with Crippen molar-refractivity contribution in [3.63, 3.8) is 0 Å². The molecule has 0 aliphatic rings. The Kier molecular flexibility index (Phi) is 5.18. The Bertz CT molecular complexity index is 1260. The molecule has 0 saturated heterocycles.